The number of benzene rings is 2. The highest BCUT2D eigenvalue weighted by molar-refractivity contribution is 7.10. The highest BCUT2D eigenvalue weighted by Gasteiger charge is 2.52. The lowest BCUT2D eigenvalue weighted by Gasteiger charge is -2.25. The fourth-order valence-corrected chi connectivity index (χ4v) is 7.24. The van der Waals surface area contributed by atoms with E-state index in [-0.39, 0.29) is 47.2 Å². The van der Waals surface area contributed by atoms with Crippen LogP contribution in [0.25, 0.3) is 22.3 Å². The molecule has 14 heteroatoms. The maximum absolute atomic E-state index is 15.0. The van der Waals surface area contributed by atoms with Gasteiger partial charge in [-0.3, -0.25) is 14.4 Å². The molecule has 2 aliphatic heterocycles. The van der Waals surface area contributed by atoms with E-state index in [2.05, 4.69) is 20.6 Å². The summed E-state index contributed by atoms with van der Waals surface area (Å²) < 4.78 is 41.6. The van der Waals surface area contributed by atoms with Gasteiger partial charge in [0.1, 0.15) is 6.04 Å². The van der Waals surface area contributed by atoms with Crippen LogP contribution in [0.3, 0.4) is 0 Å². The van der Waals surface area contributed by atoms with Crippen LogP contribution in [0.2, 0.25) is 0 Å². The minimum Gasteiger partial charge on any atom is -0.368 e. The van der Waals surface area contributed by atoms with Gasteiger partial charge in [0.05, 0.1) is 32.3 Å². The van der Waals surface area contributed by atoms with Crippen LogP contribution < -0.4 is 16.4 Å². The maximum atomic E-state index is 15.0. The number of likely N-dealkylation sites (tertiary alicyclic amines) is 1. The second-order valence-electron chi connectivity index (χ2n) is 11.7. The van der Waals surface area contributed by atoms with Crippen LogP contribution in [0.4, 0.5) is 14.7 Å². The van der Waals surface area contributed by atoms with Gasteiger partial charge in [-0.1, -0.05) is 30.3 Å². The zero-order chi connectivity index (χ0) is 32.9. The smallest absolute Gasteiger partial charge is 0.299 e. The number of nitrogen functional groups attached to an aromatic ring is 1. The second kappa shape index (κ2) is 11.8. The van der Waals surface area contributed by atoms with Gasteiger partial charge in [0.25, 0.3) is 11.8 Å². The van der Waals surface area contributed by atoms with Crippen molar-refractivity contribution in [1.82, 2.24) is 25.5 Å². The molecular weight excluding hydrogens is 630 g/mol. The largest absolute Gasteiger partial charge is 0.368 e. The molecule has 0 saturated carbocycles. The van der Waals surface area contributed by atoms with Gasteiger partial charge in [0, 0.05) is 45.9 Å². The Hall–Kier alpha value is -4.79. The van der Waals surface area contributed by atoms with Crippen LogP contribution in [-0.2, 0) is 25.0 Å². The van der Waals surface area contributed by atoms with E-state index in [9.17, 15) is 23.2 Å². The number of nitrogens with one attached hydrogen (secondary N) is 2. The monoisotopic (exact) mass is 660 g/mol. The summed E-state index contributed by atoms with van der Waals surface area (Å²) in [5.41, 5.74) is 7.74. The van der Waals surface area contributed by atoms with E-state index in [1.54, 1.807) is 30.6 Å². The molecule has 242 valence electrons. The zero-order valence-electron chi connectivity index (χ0n) is 25.2. The molecule has 4 N–H and O–H groups in total. The van der Waals surface area contributed by atoms with Gasteiger partial charge in [-0.2, -0.15) is 8.78 Å². The number of anilines is 1. The first-order valence-corrected chi connectivity index (χ1v) is 15.9. The number of thiophene rings is 1. The lowest BCUT2D eigenvalue weighted by Crippen LogP contribution is -2.49. The molecule has 1 spiro atoms. The van der Waals surface area contributed by atoms with Crippen molar-refractivity contribution in [2.24, 2.45) is 0 Å². The quantitative estimate of drug-likeness (QED) is 0.271. The number of ether oxygens (including phenoxy) is 2. The van der Waals surface area contributed by atoms with Crippen molar-refractivity contribution in [2.75, 3.05) is 32.0 Å². The number of nitrogens with zero attached hydrogens (tertiary/aromatic N) is 3. The van der Waals surface area contributed by atoms with E-state index in [4.69, 9.17) is 15.2 Å². The number of hydrogen-bond donors (Lipinski definition) is 3. The first-order chi connectivity index (χ1) is 22.5. The van der Waals surface area contributed by atoms with Gasteiger partial charge < -0.3 is 30.7 Å². The molecule has 0 bridgehead atoms. The fourth-order valence-electron chi connectivity index (χ4n) is 6.32. The van der Waals surface area contributed by atoms with Crippen molar-refractivity contribution in [2.45, 2.75) is 37.1 Å². The Labute approximate surface area is 272 Å². The molecule has 2 aromatic carbocycles. The highest BCUT2D eigenvalue weighted by Crippen LogP contribution is 2.51. The van der Waals surface area contributed by atoms with Crippen LogP contribution in [0.15, 0.2) is 66.3 Å². The molecule has 2 saturated heterocycles. The number of aromatic nitrogens is 2. The average Bonchev–Trinajstić information content (AvgIpc) is 3.87. The molecular formula is C33H30F2N6O5S. The summed E-state index contributed by atoms with van der Waals surface area (Å²) in [6.07, 6.45) is 3.38. The van der Waals surface area contributed by atoms with Gasteiger partial charge >= 0.3 is 0 Å². The Balaban J connectivity index is 1.03. The van der Waals surface area contributed by atoms with E-state index in [0.29, 0.717) is 18.8 Å². The third-order valence-electron chi connectivity index (χ3n) is 8.71. The summed E-state index contributed by atoms with van der Waals surface area (Å²) in [7, 11) is 0. The summed E-state index contributed by atoms with van der Waals surface area (Å²) in [6.45, 7) is 2.10. The molecule has 1 unspecified atom stereocenters. The second-order valence-corrected chi connectivity index (χ2v) is 12.7. The predicted molar refractivity (Wildman–Crippen MR) is 168 cm³/mol. The number of alkyl halides is 2. The summed E-state index contributed by atoms with van der Waals surface area (Å²) in [5, 5.41) is 7.52. The number of rotatable bonds is 7. The Bertz CT molecular complexity index is 1880. The zero-order valence-corrected chi connectivity index (χ0v) is 26.0. The maximum Gasteiger partial charge on any atom is 0.299 e. The number of hydrogen-bond acceptors (Lipinski definition) is 9. The van der Waals surface area contributed by atoms with Crippen molar-refractivity contribution in [3.05, 3.63) is 87.9 Å². The van der Waals surface area contributed by atoms with Crippen molar-refractivity contribution in [3.63, 3.8) is 0 Å². The Morgan fingerprint density at radius 2 is 1.77 bits per heavy atom. The Kier molecular flexibility index (Phi) is 7.73. The predicted octanol–water partition coefficient (Wildman–Crippen LogP) is 3.86. The van der Waals surface area contributed by atoms with Gasteiger partial charge in [-0.05, 0) is 47.2 Å². The standard InChI is InChI=1S/C33H30F2N6O5S/c1-18(27-11-20(16-47-27)21-13-38-31(36)39-14-21)40-30(44)26-12-32(45-8-9-46-32)17-41(26)28(42)15-37-29(43)19-6-7-25-23(10-19)22-4-2-3-5-24(22)33(25,34)35/h2-7,10-11,13-14,16,18,26H,8-9,12,15,17H2,1H3,(H,37,43)(H,40,44)(H2,36,38,39)/t18?,26-/m0/s1. The lowest BCUT2D eigenvalue weighted by molar-refractivity contribution is -0.152. The third kappa shape index (κ3) is 5.62. The molecule has 4 heterocycles. The number of halogens is 2. The normalized spacial score (nSPS) is 19.3. The SMILES string of the molecule is CC(NC(=O)[C@@H]1CC2(CN1C(=O)CNC(=O)c1ccc3c(c1)-c1ccccc1C3(F)F)OCCO2)c1cc(-c2cnc(N)nc2)cs1. The molecule has 2 aromatic heterocycles. The van der Waals surface area contributed by atoms with Crippen LogP contribution >= 0.6 is 11.3 Å². The van der Waals surface area contributed by atoms with E-state index in [1.165, 1.54) is 40.5 Å². The molecule has 1 aliphatic carbocycles. The van der Waals surface area contributed by atoms with E-state index >= 15 is 0 Å². The van der Waals surface area contributed by atoms with Gasteiger partial charge in [-0.15, -0.1) is 11.3 Å². The van der Waals surface area contributed by atoms with Crippen molar-refractivity contribution >= 4 is 35.0 Å². The fraction of sp³-hybridized carbons (Fsp3) is 0.303. The summed E-state index contributed by atoms with van der Waals surface area (Å²) in [4.78, 5) is 50.5. The number of amides is 3. The first-order valence-electron chi connectivity index (χ1n) is 15.0. The van der Waals surface area contributed by atoms with Crippen LogP contribution in [0.5, 0.6) is 0 Å². The summed E-state index contributed by atoms with van der Waals surface area (Å²) >= 11 is 1.46. The van der Waals surface area contributed by atoms with E-state index in [0.717, 1.165) is 16.0 Å². The van der Waals surface area contributed by atoms with Crippen molar-refractivity contribution in [3.8, 4) is 22.3 Å². The lowest BCUT2D eigenvalue weighted by atomic mass is 10.0. The minimum absolute atomic E-state index is 0.0131. The molecule has 47 heavy (non-hydrogen) atoms. The molecule has 11 nitrogen and oxygen atoms in total. The minimum atomic E-state index is -3.17. The number of carbonyl (C=O) groups excluding carboxylic acids is 3. The molecule has 3 aliphatic rings. The van der Waals surface area contributed by atoms with Crippen molar-refractivity contribution < 1.29 is 32.6 Å². The molecule has 2 atom stereocenters. The Morgan fingerprint density at radius 1 is 1.04 bits per heavy atom. The Morgan fingerprint density at radius 3 is 2.53 bits per heavy atom. The summed E-state index contributed by atoms with van der Waals surface area (Å²) in [6, 6.07) is 10.8. The molecule has 7 rings (SSSR count). The van der Waals surface area contributed by atoms with Gasteiger partial charge in [0.2, 0.25) is 17.8 Å². The van der Waals surface area contributed by atoms with Crippen LogP contribution in [0, 0.1) is 0 Å². The highest BCUT2D eigenvalue weighted by atomic mass is 32.1. The van der Waals surface area contributed by atoms with Crippen LogP contribution in [-0.4, -0.2) is 70.7 Å². The van der Waals surface area contributed by atoms with Gasteiger partial charge in [-0.25, -0.2) is 9.97 Å². The van der Waals surface area contributed by atoms with Crippen LogP contribution in [0.1, 0.15) is 45.7 Å². The first kappa shape index (κ1) is 30.8. The van der Waals surface area contributed by atoms with E-state index in [1.807, 2.05) is 18.4 Å². The van der Waals surface area contributed by atoms with Crippen molar-refractivity contribution in [1.29, 1.82) is 0 Å². The number of nitrogens with two attached hydrogens (primary N) is 1. The molecule has 0 radical (unpaired) electrons. The van der Waals surface area contributed by atoms with E-state index < -0.39 is 42.0 Å². The molecule has 3 amide bonds. The number of fused-ring (bicyclic) bond motifs is 3. The number of carbonyl (C=O) groups is 3. The third-order valence-corrected chi connectivity index (χ3v) is 9.83. The topological polar surface area (TPSA) is 149 Å². The summed E-state index contributed by atoms with van der Waals surface area (Å²) in [5.74, 6) is -5.62. The average molecular weight is 661 g/mol. The molecule has 4 aromatic rings. The molecule has 2 fully saturated rings. The van der Waals surface area contributed by atoms with Gasteiger partial charge in [0.15, 0.2) is 5.79 Å².